The number of piperazine rings is 1. The quantitative estimate of drug-likeness (QED) is 0.667. The Labute approximate surface area is 189 Å². The molecule has 29 heavy (non-hydrogen) atoms. The van der Waals surface area contributed by atoms with Crippen molar-refractivity contribution in [2.75, 3.05) is 37.6 Å². The van der Waals surface area contributed by atoms with E-state index in [2.05, 4.69) is 34.1 Å². The highest BCUT2D eigenvalue weighted by atomic mass is 35.5. The van der Waals surface area contributed by atoms with Crippen LogP contribution in [0.4, 0.5) is 11.4 Å². The van der Waals surface area contributed by atoms with Gasteiger partial charge < -0.3 is 0 Å². The molecule has 0 saturated carbocycles. The lowest BCUT2D eigenvalue weighted by Gasteiger charge is -2.38. The number of carbonyl (C=O) groups is 1. The van der Waals surface area contributed by atoms with Gasteiger partial charge in [0.05, 0.1) is 11.4 Å². The van der Waals surface area contributed by atoms with E-state index in [1.54, 1.807) is 11.8 Å². The smallest absolute Gasteiger partial charge is 0.232 e. The lowest BCUT2D eigenvalue weighted by atomic mass is 10.1. The Bertz CT molecular complexity index is 820. The molecule has 0 aliphatic carbocycles. The Balaban J connectivity index is 0.00000120. The van der Waals surface area contributed by atoms with Crippen molar-refractivity contribution in [3.63, 3.8) is 0 Å². The molecule has 156 valence electrons. The highest BCUT2D eigenvalue weighted by molar-refractivity contribution is 7.99. The number of amides is 1. The second-order valence-corrected chi connectivity index (χ2v) is 8.73. The maximum Gasteiger partial charge on any atom is 0.232 e. The fourth-order valence-corrected chi connectivity index (χ4v) is 5.66. The number of rotatable bonds is 3. The number of nitrogens with zero attached hydrogens (tertiary/aromatic N) is 3. The zero-order valence-corrected chi connectivity index (χ0v) is 18.8. The molecule has 7 heteroatoms. The number of carbonyl (C=O) groups excluding carboxylic acids is 1. The van der Waals surface area contributed by atoms with E-state index in [1.807, 2.05) is 29.2 Å². The topological polar surface area (TPSA) is 26.8 Å². The Morgan fingerprint density at radius 2 is 1.59 bits per heavy atom. The average molecular weight is 452 g/mol. The van der Waals surface area contributed by atoms with Crippen LogP contribution < -0.4 is 4.90 Å². The standard InChI is InChI=1S/C22H25N3OS.2ClH/c26-22(11-13-23-14-15-24-12-5-6-17(24)16-23)25-18-7-1-3-9-20(18)27-21-10-4-2-8-19(21)25;;/h1-4,7-10,17H,5-6,11-16H2;2*1H. The van der Waals surface area contributed by atoms with E-state index in [0.717, 1.165) is 47.3 Å². The first-order valence-electron chi connectivity index (χ1n) is 9.95. The number of halogens is 2. The number of anilines is 2. The van der Waals surface area contributed by atoms with Gasteiger partial charge in [-0.1, -0.05) is 36.0 Å². The van der Waals surface area contributed by atoms with Crippen LogP contribution in [0.1, 0.15) is 19.3 Å². The summed E-state index contributed by atoms with van der Waals surface area (Å²) in [7, 11) is 0. The predicted molar refractivity (Wildman–Crippen MR) is 124 cm³/mol. The van der Waals surface area contributed by atoms with Gasteiger partial charge in [-0.15, -0.1) is 24.8 Å². The highest BCUT2D eigenvalue weighted by Crippen LogP contribution is 2.48. The molecule has 2 aromatic carbocycles. The fourth-order valence-electron chi connectivity index (χ4n) is 4.60. The van der Waals surface area contributed by atoms with Gasteiger partial charge in [-0.3, -0.25) is 19.5 Å². The molecular formula is C22H27Cl2N3OS. The molecule has 1 amide bonds. The number of hydrogen-bond donors (Lipinski definition) is 0. The van der Waals surface area contributed by atoms with E-state index in [-0.39, 0.29) is 30.7 Å². The first-order chi connectivity index (χ1) is 13.3. The molecular weight excluding hydrogens is 425 g/mol. The minimum Gasteiger partial charge on any atom is -0.300 e. The molecule has 4 nitrogen and oxygen atoms in total. The van der Waals surface area contributed by atoms with Crippen LogP contribution in [-0.4, -0.2) is 54.5 Å². The van der Waals surface area contributed by atoms with Crippen LogP contribution >= 0.6 is 36.6 Å². The lowest BCUT2D eigenvalue weighted by Crippen LogP contribution is -2.50. The second-order valence-electron chi connectivity index (χ2n) is 7.65. The van der Waals surface area contributed by atoms with Crippen molar-refractivity contribution in [3.05, 3.63) is 48.5 Å². The van der Waals surface area contributed by atoms with Gasteiger partial charge >= 0.3 is 0 Å². The summed E-state index contributed by atoms with van der Waals surface area (Å²) in [5.41, 5.74) is 2.04. The summed E-state index contributed by atoms with van der Waals surface area (Å²) in [6.45, 7) is 5.49. The molecule has 2 saturated heterocycles. The van der Waals surface area contributed by atoms with Crippen LogP contribution in [0.2, 0.25) is 0 Å². The molecule has 2 fully saturated rings. The third-order valence-electron chi connectivity index (χ3n) is 5.99. The van der Waals surface area contributed by atoms with E-state index in [4.69, 9.17) is 0 Å². The number of benzene rings is 2. The minimum absolute atomic E-state index is 0. The van der Waals surface area contributed by atoms with Gasteiger partial charge in [0, 0.05) is 48.4 Å². The van der Waals surface area contributed by atoms with Crippen LogP contribution in [0.15, 0.2) is 58.3 Å². The van der Waals surface area contributed by atoms with Gasteiger partial charge in [-0.25, -0.2) is 0 Å². The molecule has 1 atom stereocenters. The molecule has 0 aromatic heterocycles. The van der Waals surface area contributed by atoms with Gasteiger partial charge in [0.15, 0.2) is 0 Å². The van der Waals surface area contributed by atoms with E-state index >= 15 is 0 Å². The predicted octanol–water partition coefficient (Wildman–Crippen LogP) is 4.83. The molecule has 0 radical (unpaired) electrons. The summed E-state index contributed by atoms with van der Waals surface area (Å²) >= 11 is 1.75. The van der Waals surface area contributed by atoms with Crippen LogP contribution in [-0.2, 0) is 4.79 Å². The van der Waals surface area contributed by atoms with Crippen molar-refractivity contribution in [2.24, 2.45) is 0 Å². The van der Waals surface area contributed by atoms with Crippen molar-refractivity contribution >= 4 is 53.9 Å². The van der Waals surface area contributed by atoms with Crippen LogP contribution in [0, 0.1) is 0 Å². The zero-order valence-electron chi connectivity index (χ0n) is 16.3. The molecule has 0 spiro atoms. The van der Waals surface area contributed by atoms with Crippen molar-refractivity contribution in [1.82, 2.24) is 9.80 Å². The third-order valence-corrected chi connectivity index (χ3v) is 7.13. The second kappa shape index (κ2) is 9.71. The molecule has 1 unspecified atom stereocenters. The minimum atomic E-state index is 0. The summed E-state index contributed by atoms with van der Waals surface area (Å²) in [6.07, 6.45) is 3.21. The maximum absolute atomic E-state index is 13.3. The monoisotopic (exact) mass is 451 g/mol. The van der Waals surface area contributed by atoms with Gasteiger partial charge in [0.1, 0.15) is 0 Å². The van der Waals surface area contributed by atoms with Gasteiger partial charge in [-0.2, -0.15) is 0 Å². The van der Waals surface area contributed by atoms with E-state index in [0.29, 0.717) is 12.5 Å². The molecule has 0 bridgehead atoms. The normalized spacial score (nSPS) is 20.7. The largest absolute Gasteiger partial charge is 0.300 e. The zero-order chi connectivity index (χ0) is 18.2. The maximum atomic E-state index is 13.3. The van der Waals surface area contributed by atoms with Gasteiger partial charge in [-0.05, 0) is 43.7 Å². The van der Waals surface area contributed by atoms with Crippen molar-refractivity contribution in [3.8, 4) is 0 Å². The number of fused-ring (bicyclic) bond motifs is 3. The summed E-state index contributed by atoms with van der Waals surface area (Å²) in [5.74, 6) is 0.198. The molecule has 3 heterocycles. The highest BCUT2D eigenvalue weighted by Gasteiger charge is 2.32. The van der Waals surface area contributed by atoms with Crippen LogP contribution in [0.25, 0.3) is 0 Å². The van der Waals surface area contributed by atoms with E-state index in [1.165, 1.54) is 19.4 Å². The van der Waals surface area contributed by atoms with Crippen molar-refractivity contribution in [1.29, 1.82) is 0 Å². The first-order valence-corrected chi connectivity index (χ1v) is 10.8. The summed E-state index contributed by atoms with van der Waals surface area (Å²) in [4.78, 5) is 22.6. The van der Waals surface area contributed by atoms with E-state index < -0.39 is 0 Å². The van der Waals surface area contributed by atoms with Gasteiger partial charge in [0.2, 0.25) is 5.91 Å². The molecule has 2 aromatic rings. The first kappa shape index (κ1) is 22.4. The van der Waals surface area contributed by atoms with Crippen LogP contribution in [0.3, 0.4) is 0 Å². The third kappa shape index (κ3) is 4.44. The molecule has 5 rings (SSSR count). The molecule has 3 aliphatic rings. The summed E-state index contributed by atoms with van der Waals surface area (Å²) in [6, 6.07) is 17.2. The fraction of sp³-hybridized carbons (Fsp3) is 0.409. The number of para-hydroxylation sites is 2. The molecule has 3 aliphatic heterocycles. The summed E-state index contributed by atoms with van der Waals surface area (Å²) in [5, 5.41) is 0. The SMILES string of the molecule is Cl.Cl.O=C(CCN1CCN2CCCC2C1)N1c2ccccc2Sc2ccccc21. The lowest BCUT2D eigenvalue weighted by molar-refractivity contribution is -0.118. The number of hydrogen-bond acceptors (Lipinski definition) is 4. The van der Waals surface area contributed by atoms with Crippen molar-refractivity contribution in [2.45, 2.75) is 35.1 Å². The average Bonchev–Trinajstić information content (AvgIpc) is 3.18. The Morgan fingerprint density at radius 3 is 2.28 bits per heavy atom. The molecule has 0 N–H and O–H groups in total. The Kier molecular flexibility index (Phi) is 7.52. The van der Waals surface area contributed by atoms with Crippen LogP contribution in [0.5, 0.6) is 0 Å². The Hall–Kier alpha value is -1.24. The van der Waals surface area contributed by atoms with Crippen molar-refractivity contribution < 1.29 is 4.79 Å². The summed E-state index contributed by atoms with van der Waals surface area (Å²) < 4.78 is 0. The Morgan fingerprint density at radius 1 is 0.931 bits per heavy atom. The van der Waals surface area contributed by atoms with E-state index in [9.17, 15) is 4.79 Å². The van der Waals surface area contributed by atoms with Gasteiger partial charge in [0.25, 0.3) is 0 Å².